The van der Waals surface area contributed by atoms with E-state index in [1.165, 1.54) is 37.5 Å². The number of hydrogen-bond acceptors (Lipinski definition) is 4. The van der Waals surface area contributed by atoms with Gasteiger partial charge in [-0.15, -0.1) is 0 Å². The van der Waals surface area contributed by atoms with Gasteiger partial charge in [-0.05, 0) is 55.1 Å². The molecule has 3 aliphatic rings. The van der Waals surface area contributed by atoms with Crippen LogP contribution in [0, 0.1) is 33.8 Å². The summed E-state index contributed by atoms with van der Waals surface area (Å²) in [4.78, 5) is 22.0. The van der Waals surface area contributed by atoms with Gasteiger partial charge in [0, 0.05) is 17.7 Å². The number of hydrogen-bond donors (Lipinski definition) is 2. The van der Waals surface area contributed by atoms with Crippen molar-refractivity contribution in [3.63, 3.8) is 0 Å². The molecule has 6 nitrogen and oxygen atoms in total. The quantitative estimate of drug-likeness (QED) is 0.654. The van der Waals surface area contributed by atoms with Crippen LogP contribution in [0.25, 0.3) is 0 Å². The molecular formula is C15H17N3O3. The molecule has 1 aromatic rings. The zero-order valence-corrected chi connectivity index (χ0v) is 11.5. The Morgan fingerprint density at radius 2 is 1.95 bits per heavy atom. The number of carbonyl (C=O) groups is 1. The summed E-state index contributed by atoms with van der Waals surface area (Å²) in [6.45, 7) is 0. The van der Waals surface area contributed by atoms with Gasteiger partial charge in [-0.2, -0.15) is 0 Å². The van der Waals surface area contributed by atoms with Crippen LogP contribution in [0.4, 0.5) is 11.4 Å². The summed E-state index contributed by atoms with van der Waals surface area (Å²) in [5.41, 5.74) is 6.00. The molecule has 3 aliphatic carbocycles. The first-order valence-electron chi connectivity index (χ1n) is 7.41. The largest absolute Gasteiger partial charge is 0.376 e. The molecule has 0 spiro atoms. The van der Waals surface area contributed by atoms with Crippen LogP contribution < -0.4 is 11.1 Å². The molecule has 1 amide bonds. The third-order valence-electron chi connectivity index (χ3n) is 5.54. The zero-order valence-electron chi connectivity index (χ0n) is 11.5. The van der Waals surface area contributed by atoms with Gasteiger partial charge in [-0.3, -0.25) is 14.9 Å². The van der Waals surface area contributed by atoms with Gasteiger partial charge in [-0.25, -0.2) is 0 Å². The van der Waals surface area contributed by atoms with Crippen LogP contribution in [0.3, 0.4) is 0 Å². The minimum atomic E-state index is -0.566. The van der Waals surface area contributed by atoms with E-state index in [0.717, 1.165) is 11.8 Å². The predicted octanol–water partition coefficient (Wildman–Crippen LogP) is 2.15. The van der Waals surface area contributed by atoms with Crippen molar-refractivity contribution in [2.24, 2.45) is 29.4 Å². The smallest absolute Gasteiger partial charge is 0.292 e. The lowest BCUT2D eigenvalue weighted by atomic mass is 10.0. The second-order valence-electron chi connectivity index (χ2n) is 6.51. The first-order valence-corrected chi connectivity index (χ1v) is 7.41. The molecule has 0 saturated heterocycles. The number of amides is 1. The van der Waals surface area contributed by atoms with E-state index in [0.29, 0.717) is 29.1 Å². The minimum Gasteiger partial charge on any atom is -0.376 e. The summed E-state index contributed by atoms with van der Waals surface area (Å²) in [5, 5.41) is 14.5. The molecule has 3 fully saturated rings. The molecular weight excluding hydrogens is 270 g/mol. The summed E-state index contributed by atoms with van der Waals surface area (Å²) in [6, 6.07) is 4.60. The van der Waals surface area contributed by atoms with E-state index in [1.807, 2.05) is 0 Å². The van der Waals surface area contributed by atoms with Crippen molar-refractivity contribution in [2.75, 3.05) is 5.32 Å². The molecule has 6 heteroatoms. The van der Waals surface area contributed by atoms with Crippen molar-refractivity contribution in [2.45, 2.75) is 25.3 Å². The van der Waals surface area contributed by atoms with E-state index >= 15 is 0 Å². The highest BCUT2D eigenvalue weighted by Crippen LogP contribution is 2.66. The van der Waals surface area contributed by atoms with Gasteiger partial charge in [0.25, 0.3) is 5.69 Å². The SMILES string of the molecule is NC(=O)c1ccc([N+](=O)[O-])c(NC2C3C4CCC(C4)C23)c1. The lowest BCUT2D eigenvalue weighted by Gasteiger charge is -2.12. The molecule has 0 heterocycles. The third kappa shape index (κ3) is 1.81. The molecule has 2 bridgehead atoms. The Bertz CT molecular complexity index is 629. The highest BCUT2D eigenvalue weighted by atomic mass is 16.6. The van der Waals surface area contributed by atoms with Crippen LogP contribution >= 0.6 is 0 Å². The average molecular weight is 287 g/mol. The number of carbonyl (C=O) groups excluding carboxylic acids is 1. The van der Waals surface area contributed by atoms with Crippen molar-refractivity contribution in [3.05, 3.63) is 33.9 Å². The molecule has 0 aliphatic heterocycles. The summed E-state index contributed by atoms with van der Waals surface area (Å²) in [5.74, 6) is 2.34. The van der Waals surface area contributed by atoms with E-state index in [-0.39, 0.29) is 5.69 Å². The molecule has 0 radical (unpaired) electrons. The Hall–Kier alpha value is -2.11. The molecule has 4 atom stereocenters. The summed E-state index contributed by atoms with van der Waals surface area (Å²) >= 11 is 0. The van der Waals surface area contributed by atoms with E-state index in [9.17, 15) is 14.9 Å². The van der Waals surface area contributed by atoms with Gasteiger partial charge < -0.3 is 11.1 Å². The standard InChI is InChI=1S/C15H17N3O3/c16-15(19)9-3-4-11(18(20)21)10(6-9)17-14-12-7-1-2-8(5-7)13(12)14/h3-4,6-8,12-14,17H,1-2,5H2,(H2,16,19). The van der Waals surface area contributed by atoms with Crippen LogP contribution in [0.15, 0.2) is 18.2 Å². The maximum Gasteiger partial charge on any atom is 0.292 e. The number of nitrogens with one attached hydrogen (secondary N) is 1. The maximum absolute atomic E-state index is 11.3. The van der Waals surface area contributed by atoms with E-state index in [1.54, 1.807) is 0 Å². The normalized spacial score (nSPS) is 35.3. The third-order valence-corrected chi connectivity index (χ3v) is 5.54. The highest BCUT2D eigenvalue weighted by molar-refractivity contribution is 5.94. The first kappa shape index (κ1) is 12.6. The molecule has 4 unspecified atom stereocenters. The average Bonchev–Trinajstić information content (AvgIpc) is 2.83. The van der Waals surface area contributed by atoms with Gasteiger partial charge in [0.1, 0.15) is 5.69 Å². The van der Waals surface area contributed by atoms with Crippen molar-refractivity contribution < 1.29 is 9.72 Å². The van der Waals surface area contributed by atoms with Gasteiger partial charge in [0.2, 0.25) is 5.91 Å². The van der Waals surface area contributed by atoms with Gasteiger partial charge in [0.15, 0.2) is 0 Å². The fourth-order valence-electron chi connectivity index (χ4n) is 4.66. The maximum atomic E-state index is 11.3. The van der Waals surface area contributed by atoms with E-state index in [4.69, 9.17) is 5.73 Å². The molecule has 21 heavy (non-hydrogen) atoms. The first-order chi connectivity index (χ1) is 10.1. The molecule has 3 saturated carbocycles. The Morgan fingerprint density at radius 1 is 1.29 bits per heavy atom. The fraction of sp³-hybridized carbons (Fsp3) is 0.533. The Labute approximate surface area is 121 Å². The number of rotatable bonds is 4. The van der Waals surface area contributed by atoms with Crippen LogP contribution in [0.1, 0.15) is 29.6 Å². The molecule has 4 rings (SSSR count). The Morgan fingerprint density at radius 3 is 2.52 bits per heavy atom. The molecule has 3 N–H and O–H groups in total. The minimum absolute atomic E-state index is 0.0114. The van der Waals surface area contributed by atoms with Crippen molar-refractivity contribution >= 4 is 17.3 Å². The van der Waals surface area contributed by atoms with Crippen LogP contribution in [-0.4, -0.2) is 16.9 Å². The van der Waals surface area contributed by atoms with Gasteiger partial charge >= 0.3 is 0 Å². The topological polar surface area (TPSA) is 98.3 Å². The number of fused-ring (bicyclic) bond motifs is 5. The molecule has 1 aromatic carbocycles. The lowest BCUT2D eigenvalue weighted by Crippen LogP contribution is -2.16. The van der Waals surface area contributed by atoms with Crippen molar-refractivity contribution in [3.8, 4) is 0 Å². The zero-order chi connectivity index (χ0) is 14.7. The number of nitro benzene ring substituents is 1. The fourth-order valence-corrected chi connectivity index (χ4v) is 4.66. The number of nitrogens with zero attached hydrogens (tertiary/aromatic N) is 1. The highest BCUT2D eigenvalue weighted by Gasteiger charge is 2.65. The number of nitrogens with two attached hydrogens (primary N) is 1. The monoisotopic (exact) mass is 287 g/mol. The number of primary amides is 1. The second kappa shape index (κ2) is 4.19. The van der Waals surface area contributed by atoms with E-state index in [2.05, 4.69) is 5.32 Å². The van der Waals surface area contributed by atoms with Crippen molar-refractivity contribution in [1.29, 1.82) is 0 Å². The number of nitro groups is 1. The Kier molecular flexibility index (Phi) is 2.52. The van der Waals surface area contributed by atoms with Crippen molar-refractivity contribution in [1.82, 2.24) is 0 Å². The second-order valence-corrected chi connectivity index (χ2v) is 6.51. The van der Waals surface area contributed by atoms with Gasteiger partial charge in [0.05, 0.1) is 4.92 Å². The number of benzene rings is 1. The number of anilines is 1. The molecule has 110 valence electrons. The van der Waals surface area contributed by atoms with Crippen LogP contribution in [-0.2, 0) is 0 Å². The summed E-state index contributed by atoms with van der Waals surface area (Å²) < 4.78 is 0. The van der Waals surface area contributed by atoms with E-state index < -0.39 is 10.8 Å². The van der Waals surface area contributed by atoms with Gasteiger partial charge in [-0.1, -0.05) is 0 Å². The van der Waals surface area contributed by atoms with Crippen LogP contribution in [0.2, 0.25) is 0 Å². The molecule has 0 aromatic heterocycles. The summed E-state index contributed by atoms with van der Waals surface area (Å²) in [7, 11) is 0. The Balaban J connectivity index is 1.61. The summed E-state index contributed by atoms with van der Waals surface area (Å²) in [6.07, 6.45) is 3.93. The van der Waals surface area contributed by atoms with Crippen LogP contribution in [0.5, 0.6) is 0 Å². The lowest BCUT2D eigenvalue weighted by molar-refractivity contribution is -0.384. The predicted molar refractivity (Wildman–Crippen MR) is 76.8 cm³/mol.